The van der Waals surface area contributed by atoms with Crippen LogP contribution in [-0.4, -0.2) is 33.7 Å². The Morgan fingerprint density at radius 3 is 2.43 bits per heavy atom. The minimum absolute atomic E-state index is 0.0313. The molecule has 0 aromatic heterocycles. The first kappa shape index (κ1) is 20.3. The highest BCUT2D eigenvalue weighted by atomic mass is 32.2. The lowest BCUT2D eigenvalue weighted by Gasteiger charge is -2.07. The molecule has 1 saturated carbocycles. The first-order valence-corrected chi connectivity index (χ1v) is 10.4. The average Bonchev–Trinajstić information content (AvgIpc) is 2.86. The Bertz CT molecular complexity index is 807. The summed E-state index contributed by atoms with van der Waals surface area (Å²) in [6.45, 7) is 1.49. The summed E-state index contributed by atoms with van der Waals surface area (Å²) >= 11 is 1.23. The van der Waals surface area contributed by atoms with Gasteiger partial charge in [-0.2, -0.15) is 5.10 Å². The minimum atomic E-state index is -0.524. The molecule has 8 heteroatoms. The van der Waals surface area contributed by atoms with E-state index in [1.165, 1.54) is 31.5 Å². The van der Waals surface area contributed by atoms with Gasteiger partial charge in [-0.1, -0.05) is 24.6 Å². The van der Waals surface area contributed by atoms with Crippen LogP contribution < -0.4 is 10.6 Å². The maximum atomic E-state index is 12.2. The van der Waals surface area contributed by atoms with E-state index in [1.54, 1.807) is 24.3 Å². The Morgan fingerprint density at radius 2 is 1.79 bits per heavy atom. The van der Waals surface area contributed by atoms with E-state index in [4.69, 9.17) is 0 Å². The van der Waals surface area contributed by atoms with Gasteiger partial charge in [0, 0.05) is 23.4 Å². The molecule has 0 unspecified atom stereocenters. The van der Waals surface area contributed by atoms with Gasteiger partial charge in [0.05, 0.1) is 0 Å². The number of nitrogens with one attached hydrogen (secondary N) is 2. The molecule has 2 aliphatic rings. The second-order valence-electron chi connectivity index (χ2n) is 6.97. The third kappa shape index (κ3) is 5.76. The van der Waals surface area contributed by atoms with Crippen molar-refractivity contribution in [3.8, 4) is 0 Å². The normalized spacial score (nSPS) is 21.2. The number of rotatable bonds is 5. The monoisotopic (exact) mass is 400 g/mol. The highest BCUT2D eigenvalue weighted by molar-refractivity contribution is 8.15. The molecule has 1 saturated heterocycles. The molecular formula is C20H24N4O3S. The van der Waals surface area contributed by atoms with Crippen molar-refractivity contribution < 1.29 is 14.4 Å². The fourth-order valence-electron chi connectivity index (χ4n) is 3.11. The number of amidine groups is 1. The summed E-state index contributed by atoms with van der Waals surface area (Å²) < 4.78 is 0. The van der Waals surface area contributed by atoms with Gasteiger partial charge in [-0.15, -0.1) is 5.10 Å². The summed E-state index contributed by atoms with van der Waals surface area (Å²) in [5.74, 6) is -0.525. The zero-order valence-corrected chi connectivity index (χ0v) is 16.7. The number of hydrogen-bond acceptors (Lipinski definition) is 6. The van der Waals surface area contributed by atoms with Gasteiger partial charge in [0.15, 0.2) is 11.0 Å². The molecule has 28 heavy (non-hydrogen) atoms. The molecule has 2 N–H and O–H groups in total. The predicted octanol–water partition coefficient (Wildman–Crippen LogP) is 3.52. The van der Waals surface area contributed by atoms with Crippen LogP contribution in [0.5, 0.6) is 0 Å². The van der Waals surface area contributed by atoms with Crippen molar-refractivity contribution in [2.75, 3.05) is 5.32 Å². The van der Waals surface area contributed by atoms with E-state index in [0.717, 1.165) is 31.4 Å². The third-order valence-corrected chi connectivity index (χ3v) is 5.76. The number of nitrogens with zero attached hydrogens (tertiary/aromatic N) is 2. The molecule has 1 aliphatic carbocycles. The van der Waals surface area contributed by atoms with Crippen molar-refractivity contribution in [3.63, 3.8) is 0 Å². The maximum absolute atomic E-state index is 12.2. The fraction of sp³-hybridized carbons (Fsp3) is 0.450. The summed E-state index contributed by atoms with van der Waals surface area (Å²) in [4.78, 5) is 35.7. The van der Waals surface area contributed by atoms with Crippen LogP contribution in [0.15, 0.2) is 34.5 Å². The summed E-state index contributed by atoms with van der Waals surface area (Å²) in [5, 5.41) is 13.9. The van der Waals surface area contributed by atoms with Crippen molar-refractivity contribution in [1.29, 1.82) is 0 Å². The Labute approximate surface area is 168 Å². The first-order chi connectivity index (χ1) is 13.5. The van der Waals surface area contributed by atoms with Crippen molar-refractivity contribution in [2.24, 2.45) is 10.2 Å². The highest BCUT2D eigenvalue weighted by Gasteiger charge is 2.32. The molecule has 1 atom stereocenters. The largest absolute Gasteiger partial charge is 0.326 e. The van der Waals surface area contributed by atoms with Crippen molar-refractivity contribution in [2.45, 2.75) is 57.1 Å². The predicted molar refractivity (Wildman–Crippen MR) is 112 cm³/mol. The van der Waals surface area contributed by atoms with Crippen molar-refractivity contribution in [3.05, 3.63) is 29.8 Å². The number of carbonyl (C=O) groups is 3. The van der Waals surface area contributed by atoms with E-state index in [1.807, 2.05) is 0 Å². The highest BCUT2D eigenvalue weighted by Crippen LogP contribution is 2.24. The number of ketones is 1. The van der Waals surface area contributed by atoms with Gasteiger partial charge in [0.2, 0.25) is 11.8 Å². The molecule has 1 aromatic carbocycles. The van der Waals surface area contributed by atoms with Gasteiger partial charge < -0.3 is 10.6 Å². The van der Waals surface area contributed by atoms with Gasteiger partial charge in [-0.3, -0.25) is 14.4 Å². The van der Waals surface area contributed by atoms with E-state index >= 15 is 0 Å². The molecule has 2 amide bonds. The van der Waals surface area contributed by atoms with Crippen LogP contribution in [0.2, 0.25) is 0 Å². The third-order valence-electron chi connectivity index (χ3n) is 4.69. The number of Topliss-reactive ketones (excluding diaryl/α,β-unsaturated/α-hetero) is 1. The second-order valence-corrected chi connectivity index (χ2v) is 8.16. The van der Waals surface area contributed by atoms with Gasteiger partial charge >= 0.3 is 0 Å². The molecule has 0 spiro atoms. The van der Waals surface area contributed by atoms with Crippen LogP contribution in [0.25, 0.3) is 0 Å². The molecule has 0 radical (unpaired) electrons. The van der Waals surface area contributed by atoms with E-state index in [0.29, 0.717) is 16.4 Å². The van der Waals surface area contributed by atoms with Crippen LogP contribution in [0.3, 0.4) is 0 Å². The molecule has 1 heterocycles. The summed E-state index contributed by atoms with van der Waals surface area (Å²) in [5.41, 5.74) is 2.25. The van der Waals surface area contributed by atoms with Crippen molar-refractivity contribution in [1.82, 2.24) is 5.32 Å². The van der Waals surface area contributed by atoms with Gasteiger partial charge in [0.25, 0.3) is 0 Å². The molecule has 7 nitrogen and oxygen atoms in total. The first-order valence-electron chi connectivity index (χ1n) is 9.53. The standard InChI is InChI=1S/C20H24N4O3S/c1-13(25)14-8-10-15(11-9-14)21-18(26)12-17-19(27)22-20(28-17)24-23-16-6-4-2-3-5-7-16/h8-11,17H,2-7,12H2,1H3,(H,21,26)(H,22,24,27)/t17-/m1/s1. The number of benzene rings is 1. The quantitative estimate of drug-likeness (QED) is 0.449. The Balaban J connectivity index is 1.53. The van der Waals surface area contributed by atoms with Gasteiger partial charge in [-0.25, -0.2) is 0 Å². The second kappa shape index (κ2) is 9.64. The lowest BCUT2D eigenvalue weighted by atomic mass is 10.1. The lowest BCUT2D eigenvalue weighted by molar-refractivity contribution is -0.122. The molecule has 1 aliphatic heterocycles. The van der Waals surface area contributed by atoms with Gasteiger partial charge in [-0.05, 0) is 56.9 Å². The molecular weight excluding hydrogens is 376 g/mol. The Morgan fingerprint density at radius 1 is 1.11 bits per heavy atom. The number of anilines is 1. The number of carbonyl (C=O) groups excluding carboxylic acids is 3. The van der Waals surface area contributed by atoms with E-state index < -0.39 is 5.25 Å². The van der Waals surface area contributed by atoms with E-state index in [2.05, 4.69) is 20.8 Å². The van der Waals surface area contributed by atoms with Crippen LogP contribution >= 0.6 is 11.8 Å². The lowest BCUT2D eigenvalue weighted by Crippen LogP contribution is -2.28. The zero-order valence-electron chi connectivity index (χ0n) is 15.9. The number of amides is 2. The van der Waals surface area contributed by atoms with Crippen LogP contribution in [-0.2, 0) is 9.59 Å². The molecule has 3 rings (SSSR count). The maximum Gasteiger partial charge on any atom is 0.240 e. The fourth-order valence-corrected chi connectivity index (χ4v) is 4.03. The minimum Gasteiger partial charge on any atom is -0.326 e. The summed E-state index contributed by atoms with van der Waals surface area (Å²) in [6.07, 6.45) is 6.71. The van der Waals surface area contributed by atoms with E-state index in [-0.39, 0.29) is 24.0 Å². The Kier molecular flexibility index (Phi) is 6.97. The van der Waals surface area contributed by atoms with Crippen LogP contribution in [0.4, 0.5) is 5.69 Å². The topological polar surface area (TPSA) is 100.0 Å². The van der Waals surface area contributed by atoms with E-state index in [9.17, 15) is 14.4 Å². The van der Waals surface area contributed by atoms with Gasteiger partial charge in [0.1, 0.15) is 5.25 Å². The summed E-state index contributed by atoms with van der Waals surface area (Å²) in [7, 11) is 0. The molecule has 1 aromatic rings. The molecule has 2 fully saturated rings. The smallest absolute Gasteiger partial charge is 0.240 e. The summed E-state index contributed by atoms with van der Waals surface area (Å²) in [6, 6.07) is 6.66. The van der Waals surface area contributed by atoms with Crippen LogP contribution in [0, 0.1) is 0 Å². The number of hydrogen-bond donors (Lipinski definition) is 2. The number of thioether (sulfide) groups is 1. The van der Waals surface area contributed by atoms with Crippen molar-refractivity contribution >= 4 is 45.9 Å². The molecule has 0 bridgehead atoms. The average molecular weight is 401 g/mol. The van der Waals surface area contributed by atoms with Crippen LogP contribution in [0.1, 0.15) is 62.2 Å². The molecule has 148 valence electrons. The zero-order chi connectivity index (χ0) is 19.9. The Hall–Kier alpha value is -2.48. The SMILES string of the molecule is CC(=O)c1ccc(NC(=O)C[C@H]2S/C(=N/N=C3CCCCCC3)NC2=O)cc1.